The van der Waals surface area contributed by atoms with E-state index in [1.807, 2.05) is 19.0 Å². The fourth-order valence-corrected chi connectivity index (χ4v) is 2.24. The van der Waals surface area contributed by atoms with Crippen LogP contribution in [0.2, 0.25) is 0 Å². The topological polar surface area (TPSA) is 36.7 Å². The molecule has 1 aliphatic heterocycles. The summed E-state index contributed by atoms with van der Waals surface area (Å²) < 4.78 is 5.86. The van der Waals surface area contributed by atoms with Gasteiger partial charge in [-0.2, -0.15) is 0 Å². The zero-order valence-electron chi connectivity index (χ0n) is 9.44. The largest absolute Gasteiger partial charge is 0.444 e. The molecule has 1 aliphatic rings. The van der Waals surface area contributed by atoms with Gasteiger partial charge in [0.25, 0.3) is 5.91 Å². The molecule has 1 unspecified atom stereocenters. The highest BCUT2D eigenvalue weighted by atomic mass is 79.9. The number of hydrogen-bond acceptors (Lipinski definition) is 3. The molecular formula is C11H15BrN2O2. The number of carbonyl (C=O) groups excluding carboxylic acids is 1. The van der Waals surface area contributed by atoms with E-state index < -0.39 is 0 Å². The molecule has 0 N–H and O–H groups in total. The summed E-state index contributed by atoms with van der Waals surface area (Å²) in [7, 11) is 4.09. The molecule has 2 rings (SSSR count). The van der Waals surface area contributed by atoms with Crippen LogP contribution in [0.1, 0.15) is 17.0 Å². The van der Waals surface area contributed by atoms with Gasteiger partial charge in [0.15, 0.2) is 10.4 Å². The smallest absolute Gasteiger partial charge is 0.289 e. The first-order valence-corrected chi connectivity index (χ1v) is 6.08. The summed E-state index contributed by atoms with van der Waals surface area (Å²) in [4.78, 5) is 16.0. The lowest BCUT2D eigenvalue weighted by atomic mass is 10.2. The van der Waals surface area contributed by atoms with Gasteiger partial charge in [0.2, 0.25) is 0 Å². The predicted molar refractivity (Wildman–Crippen MR) is 64.4 cm³/mol. The Kier molecular flexibility index (Phi) is 3.35. The van der Waals surface area contributed by atoms with E-state index in [2.05, 4.69) is 20.8 Å². The van der Waals surface area contributed by atoms with E-state index in [1.165, 1.54) is 0 Å². The summed E-state index contributed by atoms with van der Waals surface area (Å²) in [6, 6.07) is 3.91. The molecule has 0 saturated carbocycles. The molecule has 1 saturated heterocycles. The van der Waals surface area contributed by atoms with Gasteiger partial charge >= 0.3 is 0 Å². The van der Waals surface area contributed by atoms with Crippen molar-refractivity contribution in [3.05, 3.63) is 22.6 Å². The zero-order chi connectivity index (χ0) is 11.7. The van der Waals surface area contributed by atoms with Crippen LogP contribution in [0.25, 0.3) is 0 Å². The summed E-state index contributed by atoms with van der Waals surface area (Å²) in [5.41, 5.74) is 0. The quantitative estimate of drug-likeness (QED) is 0.832. The summed E-state index contributed by atoms with van der Waals surface area (Å²) in [6.45, 7) is 1.59. The molecule has 2 heterocycles. The third kappa shape index (κ3) is 2.30. The fraction of sp³-hybridized carbons (Fsp3) is 0.545. The summed E-state index contributed by atoms with van der Waals surface area (Å²) >= 11 is 3.20. The van der Waals surface area contributed by atoms with Crippen LogP contribution in [0, 0.1) is 0 Å². The summed E-state index contributed by atoms with van der Waals surface area (Å²) in [5, 5.41) is 0. The monoisotopic (exact) mass is 286 g/mol. The molecule has 0 aromatic carbocycles. The molecule has 0 aliphatic carbocycles. The second kappa shape index (κ2) is 4.59. The van der Waals surface area contributed by atoms with E-state index in [0.29, 0.717) is 16.5 Å². The van der Waals surface area contributed by atoms with Crippen LogP contribution in [0.5, 0.6) is 0 Å². The number of likely N-dealkylation sites (N-methyl/N-ethyl adjacent to an activating group) is 1. The standard InChI is InChI=1S/C11H15BrN2O2/c1-13(2)8-5-6-14(7-8)11(15)9-3-4-10(12)16-9/h3-4,8H,5-7H2,1-2H3. The van der Waals surface area contributed by atoms with E-state index in [9.17, 15) is 4.79 Å². The molecule has 1 fully saturated rings. The fourth-order valence-electron chi connectivity index (χ4n) is 1.93. The number of carbonyl (C=O) groups is 1. The lowest BCUT2D eigenvalue weighted by molar-refractivity contribution is 0.0750. The van der Waals surface area contributed by atoms with Crippen molar-refractivity contribution in [1.29, 1.82) is 0 Å². The van der Waals surface area contributed by atoms with Crippen LogP contribution in [0.15, 0.2) is 21.2 Å². The Hall–Kier alpha value is -0.810. The van der Waals surface area contributed by atoms with E-state index in [0.717, 1.165) is 19.5 Å². The van der Waals surface area contributed by atoms with Gasteiger partial charge in [-0.05, 0) is 48.6 Å². The minimum absolute atomic E-state index is 0.0185. The molecule has 1 amide bonds. The van der Waals surface area contributed by atoms with Gasteiger partial charge in [0, 0.05) is 19.1 Å². The van der Waals surface area contributed by atoms with Crippen molar-refractivity contribution in [1.82, 2.24) is 9.80 Å². The molecule has 0 radical (unpaired) electrons. The van der Waals surface area contributed by atoms with Crippen molar-refractivity contribution < 1.29 is 9.21 Å². The Bertz CT molecular complexity index is 389. The first kappa shape index (κ1) is 11.7. The molecule has 0 bridgehead atoms. The Balaban J connectivity index is 2.02. The van der Waals surface area contributed by atoms with Crippen LogP contribution >= 0.6 is 15.9 Å². The molecule has 1 aromatic rings. The molecule has 0 spiro atoms. The third-order valence-electron chi connectivity index (χ3n) is 2.96. The average molecular weight is 287 g/mol. The van der Waals surface area contributed by atoms with Gasteiger partial charge in [-0.25, -0.2) is 0 Å². The summed E-state index contributed by atoms with van der Waals surface area (Å²) in [6.07, 6.45) is 1.03. The number of amides is 1. The molecule has 4 nitrogen and oxygen atoms in total. The SMILES string of the molecule is CN(C)C1CCN(C(=O)c2ccc(Br)o2)C1. The maximum Gasteiger partial charge on any atom is 0.289 e. The number of nitrogens with zero attached hydrogens (tertiary/aromatic N) is 2. The highest BCUT2D eigenvalue weighted by molar-refractivity contribution is 9.10. The van der Waals surface area contributed by atoms with Crippen molar-refractivity contribution in [3.63, 3.8) is 0 Å². The predicted octanol–water partition coefficient (Wildman–Crippen LogP) is 1.82. The highest BCUT2D eigenvalue weighted by Crippen LogP contribution is 2.19. The van der Waals surface area contributed by atoms with Crippen LogP contribution < -0.4 is 0 Å². The van der Waals surface area contributed by atoms with Gasteiger partial charge in [0.05, 0.1) is 0 Å². The Morgan fingerprint density at radius 1 is 1.56 bits per heavy atom. The van der Waals surface area contributed by atoms with Crippen molar-refractivity contribution in [2.75, 3.05) is 27.2 Å². The minimum Gasteiger partial charge on any atom is -0.444 e. The first-order valence-electron chi connectivity index (χ1n) is 5.29. The lowest BCUT2D eigenvalue weighted by Gasteiger charge is -2.19. The Morgan fingerprint density at radius 3 is 2.81 bits per heavy atom. The van der Waals surface area contributed by atoms with Gasteiger partial charge in [-0.1, -0.05) is 0 Å². The molecule has 1 atom stereocenters. The van der Waals surface area contributed by atoms with Crippen molar-refractivity contribution in [2.24, 2.45) is 0 Å². The van der Waals surface area contributed by atoms with Crippen molar-refractivity contribution in [2.45, 2.75) is 12.5 Å². The molecule has 5 heteroatoms. The van der Waals surface area contributed by atoms with E-state index >= 15 is 0 Å². The molecule has 16 heavy (non-hydrogen) atoms. The molecule has 1 aromatic heterocycles. The molecular weight excluding hydrogens is 272 g/mol. The van der Waals surface area contributed by atoms with Gasteiger partial charge in [0.1, 0.15) is 0 Å². The maximum absolute atomic E-state index is 12.0. The van der Waals surface area contributed by atoms with Gasteiger partial charge < -0.3 is 14.2 Å². The minimum atomic E-state index is -0.0185. The number of rotatable bonds is 2. The van der Waals surface area contributed by atoms with Crippen LogP contribution in [0.3, 0.4) is 0 Å². The van der Waals surface area contributed by atoms with Crippen LogP contribution in [0.4, 0.5) is 0 Å². The van der Waals surface area contributed by atoms with E-state index in [4.69, 9.17) is 4.42 Å². The van der Waals surface area contributed by atoms with E-state index in [1.54, 1.807) is 12.1 Å². The van der Waals surface area contributed by atoms with Crippen molar-refractivity contribution >= 4 is 21.8 Å². The number of halogens is 1. The second-order valence-electron chi connectivity index (χ2n) is 4.26. The third-order valence-corrected chi connectivity index (χ3v) is 3.39. The van der Waals surface area contributed by atoms with Gasteiger partial charge in [-0.15, -0.1) is 0 Å². The van der Waals surface area contributed by atoms with Crippen LogP contribution in [-0.4, -0.2) is 48.9 Å². The first-order chi connectivity index (χ1) is 7.58. The highest BCUT2D eigenvalue weighted by Gasteiger charge is 2.29. The van der Waals surface area contributed by atoms with Gasteiger partial charge in [-0.3, -0.25) is 4.79 Å². The lowest BCUT2D eigenvalue weighted by Crippen LogP contribution is -2.34. The zero-order valence-corrected chi connectivity index (χ0v) is 11.0. The van der Waals surface area contributed by atoms with Crippen molar-refractivity contribution in [3.8, 4) is 0 Å². The normalized spacial score (nSPS) is 20.8. The Labute approximate surface area is 103 Å². The van der Waals surface area contributed by atoms with Crippen LogP contribution in [-0.2, 0) is 0 Å². The summed E-state index contributed by atoms with van der Waals surface area (Å²) in [5.74, 6) is 0.390. The average Bonchev–Trinajstić information content (AvgIpc) is 2.84. The number of hydrogen-bond donors (Lipinski definition) is 0. The second-order valence-corrected chi connectivity index (χ2v) is 5.04. The molecule has 88 valence electrons. The Morgan fingerprint density at radius 2 is 2.31 bits per heavy atom. The van der Waals surface area contributed by atoms with E-state index in [-0.39, 0.29) is 5.91 Å². The number of likely N-dealkylation sites (tertiary alicyclic amines) is 1. The maximum atomic E-state index is 12.0. The number of furan rings is 1.